The van der Waals surface area contributed by atoms with E-state index in [1.54, 1.807) is 41.8 Å². The van der Waals surface area contributed by atoms with Gasteiger partial charge in [-0.05, 0) is 42.3 Å². The summed E-state index contributed by atoms with van der Waals surface area (Å²) in [4.78, 5) is 30.3. The van der Waals surface area contributed by atoms with Crippen molar-refractivity contribution in [3.8, 4) is 17.4 Å². The van der Waals surface area contributed by atoms with Crippen molar-refractivity contribution < 1.29 is 14.3 Å². The second-order valence-electron chi connectivity index (χ2n) is 7.24. The number of imidazole rings is 1. The minimum atomic E-state index is -0.846. The molecule has 156 valence electrons. The number of nitrogens with one attached hydrogen (secondary N) is 1. The first-order valence-electron chi connectivity index (χ1n) is 9.92. The summed E-state index contributed by atoms with van der Waals surface area (Å²) in [7, 11) is 0. The SMILES string of the molecule is O=C(CC1(c2ccnc(-n3ccnc3)n2)C=CC=N1)NCCc1ccc2c(c1)OCO2. The molecule has 0 aliphatic carbocycles. The topological polar surface area (TPSA) is 104 Å². The molecule has 0 fully saturated rings. The Morgan fingerprint density at radius 2 is 2.13 bits per heavy atom. The van der Waals surface area contributed by atoms with Crippen LogP contribution in [0.5, 0.6) is 11.5 Å². The number of nitrogens with zero attached hydrogens (tertiary/aromatic N) is 5. The van der Waals surface area contributed by atoms with Crippen LogP contribution in [0.15, 0.2) is 66.3 Å². The fourth-order valence-corrected chi connectivity index (χ4v) is 3.61. The van der Waals surface area contributed by atoms with Crippen molar-refractivity contribution in [3.63, 3.8) is 0 Å². The summed E-state index contributed by atoms with van der Waals surface area (Å²) in [6.45, 7) is 0.753. The zero-order valence-corrected chi connectivity index (χ0v) is 16.6. The third-order valence-corrected chi connectivity index (χ3v) is 5.19. The van der Waals surface area contributed by atoms with Crippen molar-refractivity contribution >= 4 is 12.1 Å². The van der Waals surface area contributed by atoms with E-state index in [2.05, 4.69) is 25.3 Å². The van der Waals surface area contributed by atoms with E-state index in [1.165, 1.54) is 0 Å². The summed E-state index contributed by atoms with van der Waals surface area (Å²) in [5, 5.41) is 2.99. The highest BCUT2D eigenvalue weighted by Crippen LogP contribution is 2.33. The standard InChI is InChI=1S/C22H20N6O3/c29-20(24-8-4-16-2-3-17-18(12-16)31-15-30-17)13-22(6-1-7-26-22)19-5-9-25-21(27-19)28-11-10-23-14-28/h1-3,5-7,9-12,14H,4,8,13,15H2,(H,24,29). The molecule has 0 radical (unpaired) electrons. The highest BCUT2D eigenvalue weighted by atomic mass is 16.7. The van der Waals surface area contributed by atoms with E-state index >= 15 is 0 Å². The molecule has 1 aromatic carbocycles. The van der Waals surface area contributed by atoms with E-state index in [0.717, 1.165) is 17.1 Å². The number of hydrogen-bond acceptors (Lipinski definition) is 7. The van der Waals surface area contributed by atoms with E-state index in [9.17, 15) is 4.79 Å². The number of aromatic nitrogens is 4. The van der Waals surface area contributed by atoms with Crippen LogP contribution in [-0.2, 0) is 16.8 Å². The molecule has 0 bridgehead atoms. The van der Waals surface area contributed by atoms with Gasteiger partial charge in [0.05, 0.1) is 12.1 Å². The second kappa shape index (κ2) is 8.02. The van der Waals surface area contributed by atoms with E-state index < -0.39 is 5.54 Å². The molecular formula is C22H20N6O3. The number of benzene rings is 1. The van der Waals surface area contributed by atoms with Crippen molar-refractivity contribution in [2.75, 3.05) is 13.3 Å². The quantitative estimate of drug-likeness (QED) is 0.632. The Kier molecular flexibility index (Phi) is 4.91. The Bertz CT molecular complexity index is 1140. The predicted octanol–water partition coefficient (Wildman–Crippen LogP) is 1.98. The monoisotopic (exact) mass is 416 g/mol. The van der Waals surface area contributed by atoms with E-state index in [4.69, 9.17) is 9.47 Å². The molecule has 1 unspecified atom stereocenters. The van der Waals surface area contributed by atoms with Crippen LogP contribution in [0.1, 0.15) is 17.7 Å². The number of amides is 1. The number of carbonyl (C=O) groups is 1. The zero-order valence-electron chi connectivity index (χ0n) is 16.6. The van der Waals surface area contributed by atoms with Gasteiger partial charge in [-0.1, -0.05) is 6.07 Å². The lowest BCUT2D eigenvalue weighted by Crippen LogP contribution is -2.33. The predicted molar refractivity (Wildman–Crippen MR) is 112 cm³/mol. The number of aliphatic imine (C=N–C) groups is 1. The van der Waals surface area contributed by atoms with Crippen molar-refractivity contribution in [1.82, 2.24) is 24.8 Å². The minimum absolute atomic E-state index is 0.104. The molecule has 1 amide bonds. The molecule has 1 N–H and O–H groups in total. The lowest BCUT2D eigenvalue weighted by atomic mass is 9.92. The fourth-order valence-electron chi connectivity index (χ4n) is 3.61. The first-order chi connectivity index (χ1) is 15.2. The van der Waals surface area contributed by atoms with Crippen LogP contribution in [0.4, 0.5) is 0 Å². The molecule has 4 heterocycles. The Morgan fingerprint density at radius 1 is 1.19 bits per heavy atom. The Morgan fingerprint density at radius 3 is 2.97 bits per heavy atom. The molecule has 2 aliphatic heterocycles. The average Bonchev–Trinajstić information content (AvgIpc) is 3.55. The summed E-state index contributed by atoms with van der Waals surface area (Å²) in [5.74, 6) is 1.87. The van der Waals surface area contributed by atoms with Crippen LogP contribution in [0.3, 0.4) is 0 Å². The molecule has 31 heavy (non-hydrogen) atoms. The summed E-state index contributed by atoms with van der Waals surface area (Å²) < 4.78 is 12.4. The molecule has 0 spiro atoms. The molecule has 0 saturated carbocycles. The van der Waals surface area contributed by atoms with Gasteiger partial charge in [-0.2, -0.15) is 0 Å². The largest absolute Gasteiger partial charge is 0.454 e. The van der Waals surface area contributed by atoms with Crippen molar-refractivity contribution in [2.45, 2.75) is 18.4 Å². The number of carbonyl (C=O) groups excluding carboxylic acids is 1. The molecule has 3 aromatic rings. The maximum atomic E-state index is 12.7. The first kappa shape index (κ1) is 19.0. The highest BCUT2D eigenvalue weighted by molar-refractivity contribution is 5.82. The van der Waals surface area contributed by atoms with Gasteiger partial charge in [0.15, 0.2) is 11.5 Å². The molecule has 2 aromatic heterocycles. The van der Waals surface area contributed by atoms with Crippen LogP contribution in [-0.4, -0.2) is 45.0 Å². The summed E-state index contributed by atoms with van der Waals surface area (Å²) in [6, 6.07) is 7.59. The van der Waals surface area contributed by atoms with Gasteiger partial charge in [-0.25, -0.2) is 15.0 Å². The third-order valence-electron chi connectivity index (χ3n) is 5.19. The first-order valence-corrected chi connectivity index (χ1v) is 9.92. The van der Waals surface area contributed by atoms with Gasteiger partial charge in [-0.3, -0.25) is 14.4 Å². The van der Waals surface area contributed by atoms with Gasteiger partial charge in [0.1, 0.15) is 11.9 Å². The van der Waals surface area contributed by atoms with Gasteiger partial charge in [0.2, 0.25) is 18.6 Å². The molecule has 0 saturated heterocycles. The normalized spacial score (nSPS) is 18.5. The van der Waals surface area contributed by atoms with Crippen LogP contribution >= 0.6 is 0 Å². The molecular weight excluding hydrogens is 396 g/mol. The third kappa shape index (κ3) is 3.89. The smallest absolute Gasteiger partial charge is 0.235 e. The lowest BCUT2D eigenvalue weighted by Gasteiger charge is -2.23. The van der Waals surface area contributed by atoms with Gasteiger partial charge < -0.3 is 14.8 Å². The van der Waals surface area contributed by atoms with Crippen LogP contribution < -0.4 is 14.8 Å². The fraction of sp³-hybridized carbons (Fsp3) is 0.227. The summed E-state index contributed by atoms with van der Waals surface area (Å²) in [5.41, 5.74) is 0.877. The van der Waals surface area contributed by atoms with Crippen LogP contribution in [0.2, 0.25) is 0 Å². The number of allylic oxidation sites excluding steroid dienone is 1. The Hall–Kier alpha value is -4.01. The van der Waals surface area contributed by atoms with Crippen molar-refractivity contribution in [2.24, 2.45) is 4.99 Å². The van der Waals surface area contributed by atoms with Gasteiger partial charge in [0.25, 0.3) is 0 Å². The Balaban J connectivity index is 1.25. The van der Waals surface area contributed by atoms with Gasteiger partial charge >= 0.3 is 0 Å². The molecule has 9 nitrogen and oxygen atoms in total. The average molecular weight is 416 g/mol. The van der Waals surface area contributed by atoms with Crippen LogP contribution in [0.25, 0.3) is 5.95 Å². The second-order valence-corrected chi connectivity index (χ2v) is 7.24. The maximum absolute atomic E-state index is 12.7. The van der Waals surface area contributed by atoms with Gasteiger partial charge in [-0.15, -0.1) is 0 Å². The number of hydrogen-bond donors (Lipinski definition) is 1. The number of fused-ring (bicyclic) bond motifs is 1. The zero-order chi connectivity index (χ0) is 21.1. The maximum Gasteiger partial charge on any atom is 0.235 e. The van der Waals surface area contributed by atoms with Crippen molar-refractivity contribution in [3.05, 3.63) is 72.6 Å². The van der Waals surface area contributed by atoms with Gasteiger partial charge in [0, 0.05) is 31.3 Å². The lowest BCUT2D eigenvalue weighted by molar-refractivity contribution is -0.121. The van der Waals surface area contributed by atoms with Crippen molar-refractivity contribution in [1.29, 1.82) is 0 Å². The minimum Gasteiger partial charge on any atom is -0.454 e. The highest BCUT2D eigenvalue weighted by Gasteiger charge is 2.35. The summed E-state index contributed by atoms with van der Waals surface area (Å²) in [6.07, 6.45) is 13.0. The van der Waals surface area contributed by atoms with E-state index in [0.29, 0.717) is 24.6 Å². The summed E-state index contributed by atoms with van der Waals surface area (Å²) >= 11 is 0. The van der Waals surface area contributed by atoms with E-state index in [1.807, 2.05) is 30.4 Å². The molecule has 9 heteroatoms. The van der Waals surface area contributed by atoms with E-state index in [-0.39, 0.29) is 19.1 Å². The molecule has 1 atom stereocenters. The number of rotatable bonds is 7. The number of ether oxygens (including phenoxy) is 2. The molecule has 5 rings (SSSR count). The molecule has 2 aliphatic rings. The Labute approximate surface area is 178 Å². The van der Waals surface area contributed by atoms with Crippen LogP contribution in [0, 0.1) is 0 Å².